The molecule has 13 heavy (non-hydrogen) atoms. The maximum absolute atomic E-state index is 5.47. The highest BCUT2D eigenvalue weighted by Gasteiger charge is 2.00. The molecule has 80 valence electrons. The Balaban J connectivity index is 3.03. The molecule has 1 atom stereocenters. The number of hydrogen-bond donors (Lipinski definition) is 0. The fraction of sp³-hybridized carbons (Fsp3) is 1.00. The second-order valence-corrected chi connectivity index (χ2v) is 3.46. The maximum atomic E-state index is 5.47. The lowest BCUT2D eigenvalue weighted by atomic mass is 10.3. The summed E-state index contributed by atoms with van der Waals surface area (Å²) >= 11 is 0. The van der Waals surface area contributed by atoms with Gasteiger partial charge in [0.2, 0.25) is 0 Å². The van der Waals surface area contributed by atoms with Gasteiger partial charge in [-0.05, 0) is 19.8 Å². The van der Waals surface area contributed by atoms with Crippen LogP contribution in [0.5, 0.6) is 0 Å². The highest BCUT2D eigenvalue weighted by Crippen LogP contribution is 1.97. The highest BCUT2D eigenvalue weighted by atomic mass is 16.5. The third-order valence-corrected chi connectivity index (χ3v) is 1.85. The van der Waals surface area contributed by atoms with E-state index in [-0.39, 0.29) is 6.10 Å². The molecule has 0 rings (SSSR count). The van der Waals surface area contributed by atoms with E-state index in [0.717, 1.165) is 26.2 Å². The molecule has 0 N–H and O–H groups in total. The van der Waals surface area contributed by atoms with Crippen LogP contribution in [0.25, 0.3) is 0 Å². The number of ether oxygens (including phenoxy) is 2. The summed E-state index contributed by atoms with van der Waals surface area (Å²) < 4.78 is 10.9. The van der Waals surface area contributed by atoms with Crippen LogP contribution in [0.4, 0.5) is 0 Å². The highest BCUT2D eigenvalue weighted by molar-refractivity contribution is 4.47. The van der Waals surface area contributed by atoms with E-state index in [0.29, 0.717) is 0 Å². The molecule has 0 aliphatic carbocycles. The Morgan fingerprint density at radius 1 is 1.00 bits per heavy atom. The first-order valence-corrected chi connectivity index (χ1v) is 5.50. The molecule has 0 aromatic rings. The third kappa shape index (κ3) is 9.84. The van der Waals surface area contributed by atoms with Gasteiger partial charge in [-0.15, -0.1) is 0 Å². The Kier molecular flexibility index (Phi) is 9.94. The third-order valence-electron chi connectivity index (χ3n) is 1.85. The SMILES string of the molecule is CCCCCOCC(C)OCCC. The van der Waals surface area contributed by atoms with Gasteiger partial charge in [0, 0.05) is 13.2 Å². The van der Waals surface area contributed by atoms with E-state index in [1.165, 1.54) is 19.3 Å². The van der Waals surface area contributed by atoms with Crippen molar-refractivity contribution in [3.05, 3.63) is 0 Å². The topological polar surface area (TPSA) is 18.5 Å². The number of unbranched alkanes of at least 4 members (excludes halogenated alkanes) is 2. The zero-order valence-corrected chi connectivity index (χ0v) is 9.34. The first kappa shape index (κ1) is 12.9. The van der Waals surface area contributed by atoms with Crippen LogP contribution >= 0.6 is 0 Å². The number of rotatable bonds is 9. The Labute approximate surface area is 82.6 Å². The van der Waals surface area contributed by atoms with Crippen LogP contribution in [-0.2, 0) is 9.47 Å². The standard InChI is InChI=1S/C11H24O2/c1-4-6-7-9-12-10-11(3)13-8-5-2/h11H,4-10H2,1-3H3. The van der Waals surface area contributed by atoms with E-state index in [1.807, 2.05) is 0 Å². The summed E-state index contributed by atoms with van der Waals surface area (Å²) in [7, 11) is 0. The summed E-state index contributed by atoms with van der Waals surface area (Å²) in [4.78, 5) is 0. The van der Waals surface area contributed by atoms with Crippen LogP contribution in [0.2, 0.25) is 0 Å². The molecule has 0 bridgehead atoms. The fourth-order valence-corrected chi connectivity index (χ4v) is 1.07. The van der Waals surface area contributed by atoms with Crippen molar-refractivity contribution in [2.45, 2.75) is 52.6 Å². The second-order valence-electron chi connectivity index (χ2n) is 3.46. The van der Waals surface area contributed by atoms with E-state index < -0.39 is 0 Å². The smallest absolute Gasteiger partial charge is 0.0780 e. The largest absolute Gasteiger partial charge is 0.379 e. The Bertz CT molecular complexity index is 94.1. The molecule has 2 nitrogen and oxygen atoms in total. The molecule has 0 heterocycles. The molecule has 0 spiro atoms. The predicted molar refractivity (Wildman–Crippen MR) is 56.0 cm³/mol. The first-order valence-electron chi connectivity index (χ1n) is 5.50. The molecular weight excluding hydrogens is 164 g/mol. The van der Waals surface area contributed by atoms with Crippen molar-refractivity contribution in [1.29, 1.82) is 0 Å². The van der Waals surface area contributed by atoms with Crippen molar-refractivity contribution in [3.63, 3.8) is 0 Å². The van der Waals surface area contributed by atoms with Crippen molar-refractivity contribution >= 4 is 0 Å². The lowest BCUT2D eigenvalue weighted by Crippen LogP contribution is -2.16. The predicted octanol–water partition coefficient (Wildman–Crippen LogP) is 3.01. The van der Waals surface area contributed by atoms with Gasteiger partial charge < -0.3 is 9.47 Å². The molecule has 0 aromatic carbocycles. The molecule has 0 saturated heterocycles. The van der Waals surface area contributed by atoms with Gasteiger partial charge >= 0.3 is 0 Å². The Morgan fingerprint density at radius 3 is 2.38 bits per heavy atom. The van der Waals surface area contributed by atoms with Crippen LogP contribution in [0.15, 0.2) is 0 Å². The van der Waals surface area contributed by atoms with Gasteiger partial charge in [-0.25, -0.2) is 0 Å². The van der Waals surface area contributed by atoms with Gasteiger partial charge in [-0.1, -0.05) is 26.7 Å². The Morgan fingerprint density at radius 2 is 1.77 bits per heavy atom. The molecule has 0 aliphatic heterocycles. The quantitative estimate of drug-likeness (QED) is 0.518. The van der Waals surface area contributed by atoms with Gasteiger partial charge in [0.25, 0.3) is 0 Å². The molecule has 0 saturated carbocycles. The van der Waals surface area contributed by atoms with Crippen molar-refractivity contribution in [3.8, 4) is 0 Å². The average molecular weight is 188 g/mol. The normalized spacial score (nSPS) is 13.2. The van der Waals surface area contributed by atoms with Crippen LogP contribution in [0.1, 0.15) is 46.5 Å². The molecule has 0 fully saturated rings. The summed E-state index contributed by atoms with van der Waals surface area (Å²) in [6.07, 6.45) is 5.04. The summed E-state index contributed by atoms with van der Waals surface area (Å²) in [5, 5.41) is 0. The van der Waals surface area contributed by atoms with Gasteiger partial charge in [0.1, 0.15) is 0 Å². The van der Waals surface area contributed by atoms with Crippen molar-refractivity contribution in [1.82, 2.24) is 0 Å². The summed E-state index contributed by atoms with van der Waals surface area (Å²) in [5.74, 6) is 0. The molecule has 2 heteroatoms. The van der Waals surface area contributed by atoms with Crippen LogP contribution in [0.3, 0.4) is 0 Å². The molecule has 0 aliphatic rings. The van der Waals surface area contributed by atoms with Crippen LogP contribution in [-0.4, -0.2) is 25.9 Å². The van der Waals surface area contributed by atoms with Crippen molar-refractivity contribution < 1.29 is 9.47 Å². The van der Waals surface area contributed by atoms with E-state index >= 15 is 0 Å². The maximum Gasteiger partial charge on any atom is 0.0780 e. The summed E-state index contributed by atoms with van der Waals surface area (Å²) in [5.41, 5.74) is 0. The Hall–Kier alpha value is -0.0800. The molecule has 1 unspecified atom stereocenters. The minimum absolute atomic E-state index is 0.251. The van der Waals surface area contributed by atoms with E-state index in [2.05, 4.69) is 20.8 Å². The molecule has 0 amide bonds. The van der Waals surface area contributed by atoms with Gasteiger partial charge in [-0.2, -0.15) is 0 Å². The van der Waals surface area contributed by atoms with Crippen LogP contribution < -0.4 is 0 Å². The molecule has 0 aromatic heterocycles. The zero-order valence-electron chi connectivity index (χ0n) is 9.34. The summed E-state index contributed by atoms with van der Waals surface area (Å²) in [6.45, 7) is 8.86. The van der Waals surface area contributed by atoms with Crippen molar-refractivity contribution in [2.75, 3.05) is 19.8 Å². The molecule has 0 radical (unpaired) electrons. The van der Waals surface area contributed by atoms with E-state index in [9.17, 15) is 0 Å². The number of hydrogen-bond acceptors (Lipinski definition) is 2. The lowest BCUT2D eigenvalue weighted by molar-refractivity contribution is -0.00709. The first-order chi connectivity index (χ1) is 6.31. The average Bonchev–Trinajstić information content (AvgIpc) is 2.14. The lowest BCUT2D eigenvalue weighted by Gasteiger charge is -2.12. The van der Waals surface area contributed by atoms with Gasteiger partial charge in [0.15, 0.2) is 0 Å². The van der Waals surface area contributed by atoms with E-state index in [4.69, 9.17) is 9.47 Å². The second kappa shape index (κ2) is 10.0. The van der Waals surface area contributed by atoms with Crippen LogP contribution in [0, 0.1) is 0 Å². The van der Waals surface area contributed by atoms with Gasteiger partial charge in [-0.3, -0.25) is 0 Å². The molecular formula is C11H24O2. The minimum Gasteiger partial charge on any atom is -0.379 e. The summed E-state index contributed by atoms with van der Waals surface area (Å²) in [6, 6.07) is 0. The fourth-order valence-electron chi connectivity index (χ4n) is 1.07. The minimum atomic E-state index is 0.251. The zero-order chi connectivity index (χ0) is 9.94. The monoisotopic (exact) mass is 188 g/mol. The van der Waals surface area contributed by atoms with Crippen molar-refractivity contribution in [2.24, 2.45) is 0 Å². The van der Waals surface area contributed by atoms with E-state index in [1.54, 1.807) is 0 Å². The van der Waals surface area contributed by atoms with Gasteiger partial charge in [0.05, 0.1) is 12.7 Å².